The van der Waals surface area contributed by atoms with E-state index in [4.69, 9.17) is 5.11 Å². The fourth-order valence-corrected chi connectivity index (χ4v) is 2.00. The molecule has 0 atom stereocenters. The minimum Gasteiger partial charge on any atom is -0.478 e. The predicted octanol–water partition coefficient (Wildman–Crippen LogP) is 2.03. The third-order valence-corrected chi connectivity index (χ3v) is 2.91. The molecule has 2 N–H and O–H groups in total. The Hall–Kier alpha value is -2.02. The van der Waals surface area contributed by atoms with E-state index in [1.165, 1.54) is 17.5 Å². The summed E-state index contributed by atoms with van der Waals surface area (Å²) in [4.78, 5) is 18.6. The van der Waals surface area contributed by atoms with Crippen molar-refractivity contribution in [1.29, 1.82) is 0 Å². The largest absolute Gasteiger partial charge is 0.478 e. The van der Waals surface area contributed by atoms with E-state index in [9.17, 15) is 9.18 Å². The molecule has 0 radical (unpaired) electrons. The first-order valence-corrected chi connectivity index (χ1v) is 6.11. The van der Waals surface area contributed by atoms with E-state index in [-0.39, 0.29) is 11.4 Å². The zero-order valence-electron chi connectivity index (χ0n) is 9.26. The van der Waals surface area contributed by atoms with Gasteiger partial charge in [-0.15, -0.1) is 11.3 Å². The monoisotopic (exact) mass is 267 g/mol. The van der Waals surface area contributed by atoms with E-state index in [2.05, 4.69) is 15.3 Å². The fraction of sp³-hybridized carbons (Fsp3) is 0.182. The zero-order valence-corrected chi connectivity index (χ0v) is 10.1. The van der Waals surface area contributed by atoms with Gasteiger partial charge in [-0.25, -0.2) is 19.2 Å². The van der Waals surface area contributed by atoms with Crippen molar-refractivity contribution in [2.45, 2.75) is 6.42 Å². The normalized spacial score (nSPS) is 10.3. The number of nitrogens with zero attached hydrogens (tertiary/aromatic N) is 2. The van der Waals surface area contributed by atoms with Crippen molar-refractivity contribution in [2.24, 2.45) is 0 Å². The van der Waals surface area contributed by atoms with Crippen LogP contribution in [0.3, 0.4) is 0 Å². The molecule has 0 aliphatic rings. The van der Waals surface area contributed by atoms with Gasteiger partial charge in [0.1, 0.15) is 5.56 Å². The summed E-state index contributed by atoms with van der Waals surface area (Å²) in [6, 6.07) is 1.13. The number of carboxylic acids is 1. The topological polar surface area (TPSA) is 75.1 Å². The molecule has 0 aliphatic carbocycles. The van der Waals surface area contributed by atoms with Crippen LogP contribution < -0.4 is 5.32 Å². The van der Waals surface area contributed by atoms with E-state index < -0.39 is 11.8 Å². The van der Waals surface area contributed by atoms with Crippen LogP contribution >= 0.6 is 11.3 Å². The molecular formula is C11H10FN3O2S. The molecule has 0 fully saturated rings. The second kappa shape index (κ2) is 5.54. The van der Waals surface area contributed by atoms with Gasteiger partial charge in [-0.1, -0.05) is 0 Å². The van der Waals surface area contributed by atoms with Crippen molar-refractivity contribution in [3.63, 3.8) is 0 Å². The first-order chi connectivity index (χ1) is 8.68. The van der Waals surface area contributed by atoms with Gasteiger partial charge in [0.15, 0.2) is 11.6 Å². The summed E-state index contributed by atoms with van der Waals surface area (Å²) in [5, 5.41) is 13.4. The number of aromatic nitrogens is 2. The Morgan fingerprint density at radius 3 is 3.00 bits per heavy atom. The van der Waals surface area contributed by atoms with Crippen LogP contribution in [-0.2, 0) is 6.42 Å². The van der Waals surface area contributed by atoms with Crippen molar-refractivity contribution in [3.05, 3.63) is 40.2 Å². The maximum absolute atomic E-state index is 13.7. The highest BCUT2D eigenvalue weighted by molar-refractivity contribution is 7.07. The second-order valence-corrected chi connectivity index (χ2v) is 4.20. The molecular weight excluding hydrogens is 257 g/mol. The van der Waals surface area contributed by atoms with Crippen LogP contribution in [0.5, 0.6) is 0 Å². The molecule has 2 aromatic heterocycles. The lowest BCUT2D eigenvalue weighted by molar-refractivity contribution is 0.0692. The minimum atomic E-state index is -1.31. The molecule has 94 valence electrons. The maximum Gasteiger partial charge on any atom is 0.338 e. The van der Waals surface area contributed by atoms with Crippen LogP contribution in [0.25, 0.3) is 0 Å². The average molecular weight is 267 g/mol. The van der Waals surface area contributed by atoms with Crippen molar-refractivity contribution in [1.82, 2.24) is 9.97 Å². The van der Waals surface area contributed by atoms with Crippen molar-refractivity contribution in [2.75, 3.05) is 11.9 Å². The number of carbonyl (C=O) groups is 1. The molecule has 0 unspecified atom stereocenters. The minimum absolute atomic E-state index is 0.0508. The number of pyridine rings is 1. The number of thiazole rings is 1. The van der Waals surface area contributed by atoms with E-state index in [0.717, 1.165) is 11.8 Å². The quantitative estimate of drug-likeness (QED) is 0.867. The summed E-state index contributed by atoms with van der Waals surface area (Å²) < 4.78 is 13.7. The number of rotatable bonds is 5. The van der Waals surface area contributed by atoms with E-state index >= 15 is 0 Å². The first kappa shape index (κ1) is 12.4. The Kier molecular flexibility index (Phi) is 3.83. The summed E-state index contributed by atoms with van der Waals surface area (Å²) in [5.41, 5.74) is 2.24. The van der Waals surface area contributed by atoms with Crippen LogP contribution in [-0.4, -0.2) is 27.6 Å². The van der Waals surface area contributed by atoms with E-state index in [0.29, 0.717) is 13.0 Å². The molecule has 0 spiro atoms. The molecule has 0 aromatic carbocycles. The SMILES string of the molecule is O=C(O)c1ccnc(NCCc2cscn2)c1F. The number of anilines is 1. The molecule has 2 heterocycles. The Labute approximate surface area is 106 Å². The van der Waals surface area contributed by atoms with Crippen LogP contribution in [0.1, 0.15) is 16.1 Å². The van der Waals surface area contributed by atoms with Gasteiger partial charge in [0.2, 0.25) is 0 Å². The highest BCUT2D eigenvalue weighted by Gasteiger charge is 2.14. The summed E-state index contributed by atoms with van der Waals surface area (Å²) in [5.74, 6) is -2.20. The van der Waals surface area contributed by atoms with Gasteiger partial charge in [0.25, 0.3) is 0 Å². The van der Waals surface area contributed by atoms with Crippen LogP contribution in [0.4, 0.5) is 10.2 Å². The third-order valence-electron chi connectivity index (χ3n) is 2.28. The Morgan fingerprint density at radius 1 is 1.50 bits per heavy atom. The van der Waals surface area contributed by atoms with Gasteiger partial charge in [-0.05, 0) is 6.07 Å². The molecule has 0 saturated heterocycles. The van der Waals surface area contributed by atoms with Gasteiger partial charge in [-0.2, -0.15) is 0 Å². The average Bonchev–Trinajstić information content (AvgIpc) is 2.84. The number of nitrogens with one attached hydrogen (secondary N) is 1. The molecule has 0 saturated carbocycles. The Bertz CT molecular complexity index is 545. The zero-order chi connectivity index (χ0) is 13.0. The van der Waals surface area contributed by atoms with Crippen LogP contribution in [0, 0.1) is 5.82 Å². The first-order valence-electron chi connectivity index (χ1n) is 5.17. The van der Waals surface area contributed by atoms with Crippen molar-refractivity contribution < 1.29 is 14.3 Å². The molecule has 5 nitrogen and oxygen atoms in total. The van der Waals surface area contributed by atoms with Gasteiger partial charge in [0, 0.05) is 24.5 Å². The van der Waals surface area contributed by atoms with Gasteiger partial charge >= 0.3 is 5.97 Å². The lowest BCUT2D eigenvalue weighted by Gasteiger charge is -2.06. The van der Waals surface area contributed by atoms with E-state index in [1.54, 1.807) is 5.51 Å². The highest BCUT2D eigenvalue weighted by Crippen LogP contribution is 2.15. The molecule has 0 amide bonds. The number of hydrogen-bond acceptors (Lipinski definition) is 5. The smallest absolute Gasteiger partial charge is 0.338 e. The van der Waals surface area contributed by atoms with Crippen molar-refractivity contribution >= 4 is 23.1 Å². The van der Waals surface area contributed by atoms with Gasteiger partial charge in [0.05, 0.1) is 11.2 Å². The summed E-state index contributed by atoms with van der Waals surface area (Å²) >= 11 is 1.49. The lowest BCUT2D eigenvalue weighted by Crippen LogP contribution is -2.11. The highest BCUT2D eigenvalue weighted by atomic mass is 32.1. The molecule has 18 heavy (non-hydrogen) atoms. The van der Waals surface area contributed by atoms with Crippen LogP contribution in [0.2, 0.25) is 0 Å². The second-order valence-electron chi connectivity index (χ2n) is 3.48. The number of hydrogen-bond donors (Lipinski definition) is 2. The van der Waals surface area contributed by atoms with Crippen molar-refractivity contribution in [3.8, 4) is 0 Å². The summed E-state index contributed by atoms with van der Waals surface area (Å²) in [6.07, 6.45) is 1.89. The Morgan fingerprint density at radius 2 is 2.33 bits per heavy atom. The molecule has 2 rings (SSSR count). The summed E-state index contributed by atoms with van der Waals surface area (Å²) in [7, 11) is 0. The fourth-order valence-electron chi connectivity index (χ4n) is 1.40. The molecule has 0 aliphatic heterocycles. The van der Waals surface area contributed by atoms with Gasteiger partial charge < -0.3 is 10.4 Å². The number of aromatic carboxylic acids is 1. The number of halogens is 1. The molecule has 2 aromatic rings. The predicted molar refractivity (Wildman–Crippen MR) is 65.5 cm³/mol. The molecule has 0 bridgehead atoms. The van der Waals surface area contributed by atoms with Gasteiger partial charge in [-0.3, -0.25) is 0 Å². The van der Waals surface area contributed by atoms with E-state index in [1.807, 2.05) is 5.38 Å². The summed E-state index contributed by atoms with van der Waals surface area (Å²) in [6.45, 7) is 0.441. The Balaban J connectivity index is 2.01. The standard InChI is InChI=1S/C11H10FN3O2S/c12-9-8(11(16)17)2-4-14-10(9)13-3-1-7-5-18-6-15-7/h2,4-6H,1,3H2,(H,13,14)(H,16,17). The third kappa shape index (κ3) is 2.80. The number of carboxylic acid groups (broad SMARTS) is 1. The lowest BCUT2D eigenvalue weighted by atomic mass is 10.2. The van der Waals surface area contributed by atoms with Crippen LogP contribution in [0.15, 0.2) is 23.2 Å². The molecule has 7 heteroatoms. The maximum atomic E-state index is 13.7.